The highest BCUT2D eigenvalue weighted by Gasteiger charge is 2.49. The van der Waals surface area contributed by atoms with Gasteiger partial charge >= 0.3 is 8.80 Å². The summed E-state index contributed by atoms with van der Waals surface area (Å²) >= 11 is 0. The van der Waals surface area contributed by atoms with Gasteiger partial charge in [-0.25, -0.2) is 0 Å². The van der Waals surface area contributed by atoms with Gasteiger partial charge in [-0.05, 0) is 6.42 Å². The lowest BCUT2D eigenvalue weighted by Gasteiger charge is -2.35. The van der Waals surface area contributed by atoms with Crippen LogP contribution < -0.4 is 0 Å². The quantitative estimate of drug-likeness (QED) is 0.523. The lowest BCUT2D eigenvalue weighted by atomic mass is 10.1. The molecule has 2 atom stereocenters. The van der Waals surface area contributed by atoms with E-state index in [1.165, 1.54) is 25.9 Å². The highest BCUT2D eigenvalue weighted by molar-refractivity contribution is 6.60. The third-order valence-electron chi connectivity index (χ3n) is 3.86. The molecule has 0 spiro atoms. The van der Waals surface area contributed by atoms with E-state index < -0.39 is 8.80 Å². The molecule has 1 fully saturated rings. The third kappa shape index (κ3) is 3.04. The van der Waals surface area contributed by atoms with Gasteiger partial charge in [0.15, 0.2) is 0 Å². The van der Waals surface area contributed by atoms with E-state index in [1.807, 2.05) is 0 Å². The molecule has 1 aliphatic rings. The second kappa shape index (κ2) is 5.60. The molecule has 1 saturated heterocycles. The first-order valence-corrected chi connectivity index (χ1v) is 7.95. The maximum absolute atomic E-state index is 5.51. The molecule has 4 nitrogen and oxygen atoms in total. The summed E-state index contributed by atoms with van der Waals surface area (Å²) in [5.41, 5.74) is 0. The fraction of sp³-hybridized carbons (Fsp3) is 1.00. The van der Waals surface area contributed by atoms with Crippen LogP contribution in [-0.2, 0) is 13.3 Å². The summed E-state index contributed by atoms with van der Waals surface area (Å²) in [5.74, 6) is 0.849. The van der Waals surface area contributed by atoms with Gasteiger partial charge in [0.25, 0.3) is 0 Å². The summed E-state index contributed by atoms with van der Waals surface area (Å²) in [5, 5.41) is 0. The van der Waals surface area contributed by atoms with Crippen LogP contribution in [0.1, 0.15) is 19.8 Å². The fourth-order valence-electron chi connectivity index (χ4n) is 2.69. The van der Waals surface area contributed by atoms with Crippen LogP contribution in [0.5, 0.6) is 0 Å². The molecule has 1 rings (SSSR count). The molecule has 0 radical (unpaired) electrons. The molecular formula is C11H26NO3Si+. The van der Waals surface area contributed by atoms with Crippen molar-refractivity contribution < 1.29 is 17.8 Å². The molecule has 1 aliphatic heterocycles. The number of nitrogens with zero attached hydrogens (tertiary/aromatic N) is 1. The van der Waals surface area contributed by atoms with Crippen LogP contribution in [0.15, 0.2) is 0 Å². The van der Waals surface area contributed by atoms with Crippen LogP contribution in [0.25, 0.3) is 0 Å². The van der Waals surface area contributed by atoms with Crippen molar-refractivity contribution in [2.75, 3.05) is 47.6 Å². The molecule has 2 unspecified atom stereocenters. The first-order valence-electron chi connectivity index (χ1n) is 6.02. The van der Waals surface area contributed by atoms with Gasteiger partial charge in [-0.1, -0.05) is 6.92 Å². The van der Waals surface area contributed by atoms with Crippen molar-refractivity contribution in [2.24, 2.45) is 5.92 Å². The van der Waals surface area contributed by atoms with Crippen LogP contribution in [0, 0.1) is 5.92 Å². The van der Waals surface area contributed by atoms with Crippen molar-refractivity contribution in [1.82, 2.24) is 0 Å². The summed E-state index contributed by atoms with van der Waals surface area (Å²) in [6.45, 7) is 4.71. The average Bonchev–Trinajstić information content (AvgIpc) is 2.68. The Morgan fingerprint density at radius 1 is 1.19 bits per heavy atom. The molecule has 0 N–H and O–H groups in total. The maximum Gasteiger partial charge on any atom is 0.558 e. The zero-order valence-corrected chi connectivity index (χ0v) is 12.3. The second-order valence-corrected chi connectivity index (χ2v) is 7.95. The summed E-state index contributed by atoms with van der Waals surface area (Å²) in [6, 6.07) is 0. The van der Waals surface area contributed by atoms with Crippen molar-refractivity contribution in [3.63, 3.8) is 0 Å². The first kappa shape index (κ1) is 14.1. The topological polar surface area (TPSA) is 27.7 Å². The van der Waals surface area contributed by atoms with Gasteiger partial charge in [-0.2, -0.15) is 0 Å². The minimum atomic E-state index is -2.42. The Kier molecular flexibility index (Phi) is 4.94. The summed E-state index contributed by atoms with van der Waals surface area (Å²) in [7, 11) is 4.94. The third-order valence-corrected chi connectivity index (χ3v) is 6.88. The Morgan fingerprint density at radius 2 is 1.75 bits per heavy atom. The van der Waals surface area contributed by atoms with Crippen LogP contribution in [-0.4, -0.2) is 60.9 Å². The Bertz CT molecular complexity index is 215. The van der Waals surface area contributed by atoms with Crippen LogP contribution in [0.3, 0.4) is 0 Å². The molecule has 16 heavy (non-hydrogen) atoms. The minimum Gasteiger partial charge on any atom is -0.374 e. The van der Waals surface area contributed by atoms with E-state index in [0.29, 0.717) is 0 Å². The van der Waals surface area contributed by atoms with Crippen LogP contribution >= 0.6 is 0 Å². The van der Waals surface area contributed by atoms with E-state index in [9.17, 15) is 0 Å². The molecular weight excluding hydrogens is 222 g/mol. The lowest BCUT2D eigenvalue weighted by Crippen LogP contribution is -2.59. The van der Waals surface area contributed by atoms with E-state index in [-0.39, 0.29) is 0 Å². The number of hydrogen-bond donors (Lipinski definition) is 0. The summed E-state index contributed by atoms with van der Waals surface area (Å²) < 4.78 is 17.6. The zero-order valence-electron chi connectivity index (χ0n) is 11.3. The number of likely N-dealkylation sites (tertiary alicyclic amines) is 1. The predicted octanol–water partition coefficient (Wildman–Crippen LogP) is 1.28. The molecule has 5 heteroatoms. The van der Waals surface area contributed by atoms with E-state index in [1.54, 1.807) is 21.3 Å². The minimum absolute atomic E-state index is 0.849. The van der Waals surface area contributed by atoms with Crippen molar-refractivity contribution in [1.29, 1.82) is 0 Å². The van der Waals surface area contributed by atoms with Crippen molar-refractivity contribution in [3.05, 3.63) is 0 Å². The normalized spacial score (nSPS) is 30.9. The van der Waals surface area contributed by atoms with Crippen LogP contribution in [0.2, 0.25) is 0 Å². The molecule has 1 heterocycles. The lowest BCUT2D eigenvalue weighted by molar-refractivity contribution is -0.891. The largest absolute Gasteiger partial charge is 0.558 e. The molecule has 0 aliphatic carbocycles. The molecule has 0 aromatic carbocycles. The fourth-order valence-corrected chi connectivity index (χ4v) is 4.80. The van der Waals surface area contributed by atoms with Crippen molar-refractivity contribution in [2.45, 2.75) is 19.8 Å². The van der Waals surface area contributed by atoms with E-state index >= 15 is 0 Å². The monoisotopic (exact) mass is 248 g/mol. The van der Waals surface area contributed by atoms with E-state index in [2.05, 4.69) is 14.0 Å². The van der Waals surface area contributed by atoms with E-state index in [0.717, 1.165) is 16.6 Å². The Hall–Kier alpha value is 0.0569. The van der Waals surface area contributed by atoms with Gasteiger partial charge in [0.1, 0.15) is 6.17 Å². The van der Waals surface area contributed by atoms with Crippen LogP contribution in [0.4, 0.5) is 0 Å². The maximum atomic E-state index is 5.51. The highest BCUT2D eigenvalue weighted by Crippen LogP contribution is 2.27. The number of quaternary nitrogens is 1. The SMILES string of the molecule is CCC1CC[N+](C)(C[Si](OC)(OC)OC)C1. The number of hydrogen-bond acceptors (Lipinski definition) is 3. The molecule has 0 saturated carbocycles. The van der Waals surface area contributed by atoms with Gasteiger partial charge < -0.3 is 17.8 Å². The molecule has 0 aromatic rings. The Labute approximate surface area is 100 Å². The molecule has 0 bridgehead atoms. The number of rotatable bonds is 6. The van der Waals surface area contributed by atoms with Crippen molar-refractivity contribution in [3.8, 4) is 0 Å². The van der Waals surface area contributed by atoms with E-state index in [4.69, 9.17) is 13.3 Å². The Morgan fingerprint density at radius 3 is 2.12 bits per heavy atom. The van der Waals surface area contributed by atoms with Gasteiger partial charge in [0, 0.05) is 33.7 Å². The van der Waals surface area contributed by atoms with Gasteiger partial charge in [0.05, 0.1) is 20.1 Å². The van der Waals surface area contributed by atoms with Crippen molar-refractivity contribution >= 4 is 8.80 Å². The van der Waals surface area contributed by atoms with Gasteiger partial charge in [-0.3, -0.25) is 0 Å². The summed E-state index contributed by atoms with van der Waals surface area (Å²) in [6.07, 6.45) is 3.47. The highest BCUT2D eigenvalue weighted by atomic mass is 28.4. The second-order valence-electron chi connectivity index (χ2n) is 5.04. The Balaban J connectivity index is 2.64. The smallest absolute Gasteiger partial charge is 0.374 e. The standard InChI is InChI=1S/C11H26NO3Si/c1-6-11-7-8-12(2,9-11)10-16(13-3,14-4)15-5/h11H,6-10H2,1-5H3/q+1. The molecule has 0 aromatic heterocycles. The first-order chi connectivity index (χ1) is 7.53. The van der Waals surface area contributed by atoms with Gasteiger partial charge in [-0.15, -0.1) is 0 Å². The predicted molar refractivity (Wildman–Crippen MR) is 66.0 cm³/mol. The average molecular weight is 248 g/mol. The van der Waals surface area contributed by atoms with Gasteiger partial charge in [0.2, 0.25) is 0 Å². The molecule has 96 valence electrons. The summed E-state index contributed by atoms with van der Waals surface area (Å²) in [4.78, 5) is 0. The molecule has 0 amide bonds. The zero-order chi connectivity index (χ0) is 12.2.